The van der Waals surface area contributed by atoms with Crippen LogP contribution in [0.25, 0.3) is 0 Å². The van der Waals surface area contributed by atoms with Crippen molar-refractivity contribution in [2.45, 2.75) is 12.3 Å². The molecule has 0 aliphatic carbocycles. The minimum Gasteiger partial charge on any atom is -0.365 e. The SMILES string of the molecule is CNc1nc2c(s1)[C@@H](c1cccc(F)c1F)CC(=O)N2. The molecule has 2 N–H and O–H groups in total. The first-order valence-electron chi connectivity index (χ1n) is 6.02. The van der Waals surface area contributed by atoms with E-state index in [-0.39, 0.29) is 17.9 Å². The molecular formula is C13H11F2N3OS. The van der Waals surface area contributed by atoms with Crippen molar-refractivity contribution in [2.75, 3.05) is 17.7 Å². The number of nitrogens with zero attached hydrogens (tertiary/aromatic N) is 1. The molecule has 1 atom stereocenters. The Bertz CT molecular complexity index is 686. The van der Waals surface area contributed by atoms with E-state index in [1.165, 1.54) is 23.5 Å². The molecule has 2 aromatic rings. The highest BCUT2D eigenvalue weighted by atomic mass is 32.1. The Morgan fingerprint density at radius 1 is 1.45 bits per heavy atom. The molecule has 104 valence electrons. The summed E-state index contributed by atoms with van der Waals surface area (Å²) in [6.07, 6.45) is 0.0821. The van der Waals surface area contributed by atoms with Crippen LogP contribution in [0, 0.1) is 11.6 Å². The molecule has 0 saturated heterocycles. The molecule has 3 rings (SSSR count). The fourth-order valence-electron chi connectivity index (χ4n) is 2.27. The topological polar surface area (TPSA) is 54.0 Å². The van der Waals surface area contributed by atoms with Crippen LogP contribution in [0.15, 0.2) is 18.2 Å². The molecule has 1 aromatic heterocycles. The number of carbonyl (C=O) groups is 1. The fourth-order valence-corrected chi connectivity index (χ4v) is 3.26. The average Bonchev–Trinajstić information content (AvgIpc) is 2.84. The molecule has 1 aliphatic rings. The molecule has 2 heterocycles. The molecule has 0 unspecified atom stereocenters. The average molecular weight is 295 g/mol. The summed E-state index contributed by atoms with van der Waals surface area (Å²) in [5.74, 6) is -2.15. The van der Waals surface area contributed by atoms with Gasteiger partial charge in [-0.2, -0.15) is 0 Å². The summed E-state index contributed by atoms with van der Waals surface area (Å²) in [6, 6.07) is 4.01. The molecule has 0 radical (unpaired) electrons. The smallest absolute Gasteiger partial charge is 0.226 e. The Kier molecular flexibility index (Phi) is 3.13. The van der Waals surface area contributed by atoms with Crippen LogP contribution in [0.2, 0.25) is 0 Å². The summed E-state index contributed by atoms with van der Waals surface area (Å²) in [4.78, 5) is 16.7. The van der Waals surface area contributed by atoms with Crippen LogP contribution in [-0.4, -0.2) is 17.9 Å². The molecule has 1 amide bonds. The maximum absolute atomic E-state index is 14.0. The quantitative estimate of drug-likeness (QED) is 0.895. The van der Waals surface area contributed by atoms with E-state index in [1.807, 2.05) is 0 Å². The summed E-state index contributed by atoms with van der Waals surface area (Å²) >= 11 is 1.33. The zero-order valence-electron chi connectivity index (χ0n) is 10.5. The van der Waals surface area contributed by atoms with Gasteiger partial charge in [-0.3, -0.25) is 4.79 Å². The van der Waals surface area contributed by atoms with Gasteiger partial charge in [-0.15, -0.1) is 0 Å². The first kappa shape index (κ1) is 13.0. The predicted octanol–water partition coefficient (Wildman–Crippen LogP) is 2.94. The molecule has 0 spiro atoms. The number of hydrogen-bond acceptors (Lipinski definition) is 4. The third kappa shape index (κ3) is 2.03. The lowest BCUT2D eigenvalue weighted by Gasteiger charge is -2.22. The molecular weight excluding hydrogens is 284 g/mol. The van der Waals surface area contributed by atoms with Crippen molar-refractivity contribution >= 4 is 28.2 Å². The standard InChI is InChI=1S/C13H11F2N3OS/c1-16-13-18-12-11(20-13)7(5-9(19)17-12)6-3-2-4-8(14)10(6)15/h2-4,7H,5H2,1H3,(H,16,18)(H,17,19)/t7-/m1/s1. The second-order valence-electron chi connectivity index (χ2n) is 4.43. The van der Waals surface area contributed by atoms with Crippen molar-refractivity contribution < 1.29 is 13.6 Å². The lowest BCUT2D eigenvalue weighted by Crippen LogP contribution is -2.23. The van der Waals surface area contributed by atoms with Crippen molar-refractivity contribution in [2.24, 2.45) is 0 Å². The summed E-state index contributed by atoms with van der Waals surface area (Å²) in [7, 11) is 1.71. The zero-order valence-corrected chi connectivity index (χ0v) is 11.4. The van der Waals surface area contributed by atoms with E-state index in [9.17, 15) is 13.6 Å². The molecule has 0 fully saturated rings. The molecule has 1 aliphatic heterocycles. The number of amides is 1. The van der Waals surface area contributed by atoms with Gasteiger partial charge in [0.2, 0.25) is 5.91 Å². The second kappa shape index (κ2) is 4.82. The second-order valence-corrected chi connectivity index (χ2v) is 5.46. The third-order valence-corrected chi connectivity index (χ3v) is 4.37. The van der Waals surface area contributed by atoms with Gasteiger partial charge >= 0.3 is 0 Å². The van der Waals surface area contributed by atoms with Crippen molar-refractivity contribution in [3.8, 4) is 0 Å². The lowest BCUT2D eigenvalue weighted by atomic mass is 9.91. The van der Waals surface area contributed by atoms with Gasteiger partial charge in [-0.1, -0.05) is 23.5 Å². The van der Waals surface area contributed by atoms with Crippen molar-refractivity contribution in [1.29, 1.82) is 0 Å². The van der Waals surface area contributed by atoms with Crippen LogP contribution in [0.4, 0.5) is 19.7 Å². The molecule has 20 heavy (non-hydrogen) atoms. The van der Waals surface area contributed by atoms with Crippen LogP contribution in [0.1, 0.15) is 22.8 Å². The molecule has 7 heteroatoms. The largest absolute Gasteiger partial charge is 0.365 e. The minimum absolute atomic E-state index is 0.0821. The van der Waals surface area contributed by atoms with Crippen molar-refractivity contribution in [3.63, 3.8) is 0 Å². The van der Waals surface area contributed by atoms with Crippen LogP contribution in [0.5, 0.6) is 0 Å². The van der Waals surface area contributed by atoms with E-state index < -0.39 is 17.6 Å². The predicted molar refractivity (Wildman–Crippen MR) is 73.1 cm³/mol. The molecule has 0 saturated carbocycles. The van der Waals surface area contributed by atoms with Gasteiger partial charge in [-0.25, -0.2) is 13.8 Å². The van der Waals surface area contributed by atoms with Gasteiger partial charge in [-0.05, 0) is 11.6 Å². The monoisotopic (exact) mass is 295 g/mol. The Morgan fingerprint density at radius 3 is 3.00 bits per heavy atom. The van der Waals surface area contributed by atoms with Crippen LogP contribution >= 0.6 is 11.3 Å². The van der Waals surface area contributed by atoms with Gasteiger partial charge in [0.05, 0.1) is 4.88 Å². The Labute approximate surface area is 117 Å². The van der Waals surface area contributed by atoms with Gasteiger partial charge in [0.25, 0.3) is 0 Å². The van der Waals surface area contributed by atoms with E-state index in [0.717, 1.165) is 10.9 Å². The maximum Gasteiger partial charge on any atom is 0.226 e. The highest BCUT2D eigenvalue weighted by Gasteiger charge is 2.32. The number of benzene rings is 1. The first-order valence-corrected chi connectivity index (χ1v) is 6.84. The van der Waals surface area contributed by atoms with Gasteiger partial charge in [0.15, 0.2) is 16.8 Å². The summed E-state index contributed by atoms with van der Waals surface area (Å²) < 4.78 is 27.3. The van der Waals surface area contributed by atoms with Gasteiger partial charge < -0.3 is 10.6 Å². The summed E-state index contributed by atoms with van der Waals surface area (Å²) in [5.41, 5.74) is 0.187. The van der Waals surface area contributed by atoms with E-state index in [1.54, 1.807) is 7.05 Å². The zero-order chi connectivity index (χ0) is 14.3. The Balaban J connectivity index is 2.12. The minimum atomic E-state index is -0.909. The Hall–Kier alpha value is -2.02. The molecule has 0 bridgehead atoms. The van der Waals surface area contributed by atoms with Gasteiger partial charge in [0.1, 0.15) is 5.82 Å². The van der Waals surface area contributed by atoms with Gasteiger partial charge in [0, 0.05) is 19.4 Å². The lowest BCUT2D eigenvalue weighted by molar-refractivity contribution is -0.116. The number of fused-ring (bicyclic) bond motifs is 1. The number of carbonyl (C=O) groups excluding carboxylic acids is 1. The number of hydrogen-bond donors (Lipinski definition) is 2. The van der Waals surface area contributed by atoms with Crippen LogP contribution in [-0.2, 0) is 4.79 Å². The summed E-state index contributed by atoms with van der Waals surface area (Å²) in [5, 5.41) is 6.16. The number of nitrogens with one attached hydrogen (secondary N) is 2. The highest BCUT2D eigenvalue weighted by Crippen LogP contribution is 2.42. The van der Waals surface area contributed by atoms with Crippen molar-refractivity contribution in [1.82, 2.24) is 4.98 Å². The number of thiazole rings is 1. The maximum atomic E-state index is 14.0. The van der Waals surface area contributed by atoms with Crippen LogP contribution in [0.3, 0.4) is 0 Å². The van der Waals surface area contributed by atoms with E-state index in [2.05, 4.69) is 15.6 Å². The molecule has 4 nitrogen and oxygen atoms in total. The number of anilines is 2. The number of rotatable bonds is 2. The highest BCUT2D eigenvalue weighted by molar-refractivity contribution is 7.16. The van der Waals surface area contributed by atoms with E-state index in [4.69, 9.17) is 0 Å². The third-order valence-electron chi connectivity index (χ3n) is 3.19. The van der Waals surface area contributed by atoms with E-state index in [0.29, 0.717) is 10.9 Å². The van der Waals surface area contributed by atoms with E-state index >= 15 is 0 Å². The van der Waals surface area contributed by atoms with Crippen LogP contribution < -0.4 is 10.6 Å². The van der Waals surface area contributed by atoms with Crippen molar-refractivity contribution in [3.05, 3.63) is 40.3 Å². The number of aromatic nitrogens is 1. The normalized spacial score (nSPS) is 17.6. The molecule has 1 aromatic carbocycles. The summed E-state index contributed by atoms with van der Waals surface area (Å²) in [6.45, 7) is 0. The Morgan fingerprint density at radius 2 is 2.25 bits per heavy atom. The number of halogens is 2. The first-order chi connectivity index (χ1) is 9.60. The fraction of sp³-hybridized carbons (Fsp3) is 0.231.